The number of alkyl halides is 5. The van der Waals surface area contributed by atoms with Crippen LogP contribution in [0.3, 0.4) is 0 Å². The van der Waals surface area contributed by atoms with Crippen molar-refractivity contribution in [1.82, 2.24) is 9.55 Å². The number of nitrogen functional groups attached to an aromatic ring is 1. The van der Waals surface area contributed by atoms with Gasteiger partial charge in [-0.25, -0.2) is 4.79 Å². The molecule has 25 heavy (non-hydrogen) atoms. The fraction of sp³-hybridized carbons (Fsp3) is 0.571. The molecule has 0 bridgehead atoms. The summed E-state index contributed by atoms with van der Waals surface area (Å²) in [6.07, 6.45) is -6.82. The van der Waals surface area contributed by atoms with Crippen LogP contribution in [0.25, 0.3) is 5.69 Å². The Balaban J connectivity index is 2.03. The van der Waals surface area contributed by atoms with E-state index in [-0.39, 0.29) is 18.7 Å². The van der Waals surface area contributed by atoms with Gasteiger partial charge in [0.25, 0.3) is 0 Å². The molecule has 4 nitrogen and oxygen atoms in total. The summed E-state index contributed by atoms with van der Waals surface area (Å²) >= 11 is 2.65. The number of anilines is 1. The maximum Gasteiger partial charge on any atom is 0.453 e. The van der Waals surface area contributed by atoms with Gasteiger partial charge in [0.15, 0.2) is 5.82 Å². The Labute approximate surface area is 148 Å². The monoisotopic (exact) mass is 401 g/mol. The lowest BCUT2D eigenvalue weighted by molar-refractivity contribution is -0.284. The Morgan fingerprint density at radius 3 is 2.44 bits per heavy atom. The zero-order valence-electron chi connectivity index (χ0n) is 13.4. The molecule has 2 N–H and O–H groups in total. The first-order valence-electron chi connectivity index (χ1n) is 7.31. The number of aromatic nitrogens is 2. The second kappa shape index (κ2) is 7.10. The van der Waals surface area contributed by atoms with Crippen molar-refractivity contribution in [3.05, 3.63) is 21.1 Å². The van der Waals surface area contributed by atoms with Crippen LogP contribution in [0.5, 0.6) is 0 Å². The average molecular weight is 401 g/mol. The van der Waals surface area contributed by atoms with Crippen molar-refractivity contribution in [2.24, 2.45) is 0 Å². The summed E-state index contributed by atoms with van der Waals surface area (Å²) in [7, 11) is 0. The van der Waals surface area contributed by atoms with Crippen LogP contribution in [0.1, 0.15) is 29.8 Å². The normalized spacial score (nSPS) is 12.9. The number of nitrogens with two attached hydrogens (primary N) is 1. The van der Waals surface area contributed by atoms with Crippen molar-refractivity contribution in [3.63, 3.8) is 0 Å². The van der Waals surface area contributed by atoms with Crippen molar-refractivity contribution in [3.8, 4) is 5.69 Å². The molecule has 0 spiro atoms. The van der Waals surface area contributed by atoms with Crippen LogP contribution >= 0.6 is 23.1 Å². The summed E-state index contributed by atoms with van der Waals surface area (Å²) in [5.74, 6) is -4.25. The van der Waals surface area contributed by atoms with E-state index in [1.807, 2.05) is 6.92 Å². The third-order valence-corrected chi connectivity index (χ3v) is 6.22. The van der Waals surface area contributed by atoms with E-state index in [1.54, 1.807) is 6.92 Å². The molecule has 0 saturated heterocycles. The summed E-state index contributed by atoms with van der Waals surface area (Å²) < 4.78 is 64.1. The maximum atomic E-state index is 12.8. The van der Waals surface area contributed by atoms with E-state index in [0.717, 1.165) is 4.88 Å². The molecular formula is C14H16F5N3OS2. The van der Waals surface area contributed by atoms with Gasteiger partial charge in [-0.05, 0) is 32.4 Å². The minimum absolute atomic E-state index is 0.0791. The molecule has 2 aliphatic heterocycles. The van der Waals surface area contributed by atoms with E-state index in [4.69, 9.17) is 5.73 Å². The first-order valence-corrected chi connectivity index (χ1v) is 9.11. The van der Waals surface area contributed by atoms with Gasteiger partial charge >= 0.3 is 17.8 Å². The zero-order valence-corrected chi connectivity index (χ0v) is 15.0. The predicted molar refractivity (Wildman–Crippen MR) is 88.4 cm³/mol. The third kappa shape index (κ3) is 4.08. The number of thioether (sulfide) groups is 1. The summed E-state index contributed by atoms with van der Waals surface area (Å²) in [6.45, 7) is 3.58. The number of fused-ring (bicyclic) bond motifs is 1. The number of nitrogens with zero attached hydrogens (tertiary/aromatic N) is 2. The number of rotatable bonds is 6. The standard InChI is InChI=1S/C14H16F5N3OS2/c1-7-8(2)25-11(9-10(20)21-12(23)22(7)9)24-6-4-3-5-13(15,16)14(17,18)19/h3-6H2,1-2H3,(H2,20,21,23). The van der Waals surface area contributed by atoms with Crippen molar-refractivity contribution in [2.45, 2.75) is 49.4 Å². The molecule has 0 aliphatic carbocycles. The molecule has 0 atom stereocenters. The fourth-order valence-electron chi connectivity index (χ4n) is 2.20. The Morgan fingerprint density at radius 1 is 1.20 bits per heavy atom. The lowest BCUT2D eigenvalue weighted by atomic mass is 10.1. The molecule has 0 fully saturated rings. The van der Waals surface area contributed by atoms with E-state index < -0.39 is 24.2 Å². The molecule has 0 radical (unpaired) electrons. The van der Waals surface area contributed by atoms with Crippen LogP contribution in [0, 0.1) is 13.8 Å². The van der Waals surface area contributed by atoms with Gasteiger partial charge in [0, 0.05) is 17.0 Å². The van der Waals surface area contributed by atoms with Crippen LogP contribution in [-0.4, -0.2) is 27.4 Å². The molecular weight excluding hydrogens is 385 g/mol. The van der Waals surface area contributed by atoms with E-state index in [0.29, 0.717) is 21.3 Å². The van der Waals surface area contributed by atoms with Crippen molar-refractivity contribution in [2.75, 3.05) is 11.5 Å². The quantitative estimate of drug-likeness (QED) is 0.443. The van der Waals surface area contributed by atoms with Gasteiger partial charge in [0.2, 0.25) is 0 Å². The summed E-state index contributed by atoms with van der Waals surface area (Å²) in [5.41, 5.74) is 6.45. The van der Waals surface area contributed by atoms with Crippen molar-refractivity contribution >= 4 is 28.9 Å². The van der Waals surface area contributed by atoms with Gasteiger partial charge in [-0.2, -0.15) is 26.9 Å². The summed E-state index contributed by atoms with van der Waals surface area (Å²) in [6, 6.07) is 0. The average Bonchev–Trinajstić information content (AvgIpc) is 2.77. The van der Waals surface area contributed by atoms with Gasteiger partial charge in [0.1, 0.15) is 5.69 Å². The Morgan fingerprint density at radius 2 is 1.84 bits per heavy atom. The van der Waals surface area contributed by atoms with Gasteiger partial charge in [-0.15, -0.1) is 23.1 Å². The van der Waals surface area contributed by atoms with Crippen LogP contribution in [0.4, 0.5) is 27.8 Å². The minimum atomic E-state index is -5.51. The van der Waals surface area contributed by atoms with E-state index in [2.05, 4.69) is 4.98 Å². The van der Waals surface area contributed by atoms with E-state index in [1.165, 1.54) is 27.7 Å². The van der Waals surface area contributed by atoms with Gasteiger partial charge in [0.05, 0.1) is 4.21 Å². The van der Waals surface area contributed by atoms with Crippen LogP contribution in [-0.2, 0) is 0 Å². The van der Waals surface area contributed by atoms with Crippen molar-refractivity contribution < 1.29 is 22.0 Å². The number of aryl methyl sites for hydroxylation is 1. The fourth-order valence-corrected chi connectivity index (χ4v) is 4.73. The second-order valence-electron chi connectivity index (χ2n) is 5.50. The molecule has 0 aromatic rings. The van der Waals surface area contributed by atoms with E-state index in [9.17, 15) is 26.7 Å². The number of hydrogen-bond donors (Lipinski definition) is 1. The topological polar surface area (TPSA) is 60.9 Å². The van der Waals surface area contributed by atoms with Crippen LogP contribution in [0.2, 0.25) is 0 Å². The van der Waals surface area contributed by atoms with E-state index >= 15 is 0 Å². The zero-order chi connectivity index (χ0) is 19.0. The van der Waals surface area contributed by atoms with Crippen LogP contribution < -0.4 is 11.4 Å². The smallest absolute Gasteiger partial charge is 0.382 e. The maximum absolute atomic E-state index is 12.8. The third-order valence-electron chi connectivity index (χ3n) is 3.69. The van der Waals surface area contributed by atoms with Gasteiger partial charge in [-0.3, -0.25) is 4.57 Å². The summed E-state index contributed by atoms with van der Waals surface area (Å²) in [5, 5.41) is 0. The molecule has 2 aliphatic rings. The summed E-state index contributed by atoms with van der Waals surface area (Å²) in [4.78, 5) is 16.5. The second-order valence-corrected chi connectivity index (χ2v) is 8.09. The largest absolute Gasteiger partial charge is 0.453 e. The Bertz CT molecular complexity index is 784. The molecule has 0 aromatic carbocycles. The number of unbranched alkanes of at least 4 members (excludes halogenated alkanes) is 1. The van der Waals surface area contributed by atoms with Crippen molar-refractivity contribution in [1.29, 1.82) is 0 Å². The van der Waals surface area contributed by atoms with Gasteiger partial charge < -0.3 is 5.73 Å². The molecule has 0 unspecified atom stereocenters. The lowest BCUT2D eigenvalue weighted by Gasteiger charge is -2.19. The number of halogens is 5. The molecule has 11 heteroatoms. The highest BCUT2D eigenvalue weighted by molar-refractivity contribution is 8.01. The number of hydrogen-bond acceptors (Lipinski definition) is 5. The van der Waals surface area contributed by atoms with Gasteiger partial charge in [-0.1, -0.05) is 0 Å². The van der Waals surface area contributed by atoms with Crippen LogP contribution in [0.15, 0.2) is 9.00 Å². The highest BCUT2D eigenvalue weighted by Gasteiger charge is 2.56. The highest BCUT2D eigenvalue weighted by atomic mass is 32.2. The lowest BCUT2D eigenvalue weighted by Crippen LogP contribution is -2.36. The Hall–Kier alpha value is -1.36. The molecule has 0 aromatic heterocycles. The minimum Gasteiger partial charge on any atom is -0.382 e. The molecule has 0 amide bonds. The Kier molecular flexibility index (Phi) is 5.67. The first kappa shape index (κ1) is 20.0. The predicted octanol–water partition coefficient (Wildman–Crippen LogP) is 4.39. The molecule has 140 valence electrons. The highest BCUT2D eigenvalue weighted by Crippen LogP contribution is 2.40. The first-order chi connectivity index (χ1) is 11.5. The SMILES string of the molecule is Cc1sc(SCCCCC(F)(F)C(F)(F)F)c2c(N)nc(=O)n-2c1C. The molecule has 2 rings (SSSR count). The molecule has 2 heterocycles. The molecule has 0 saturated carbocycles. The number of imidazole rings is 1.